The van der Waals surface area contributed by atoms with Gasteiger partial charge in [0.15, 0.2) is 11.6 Å². The summed E-state index contributed by atoms with van der Waals surface area (Å²) in [7, 11) is 1.68. The summed E-state index contributed by atoms with van der Waals surface area (Å²) < 4.78 is 17.7. The fourth-order valence-electron chi connectivity index (χ4n) is 9.36. The number of phenols is 1. The van der Waals surface area contributed by atoms with E-state index in [1.165, 1.54) is 26.6 Å². The Morgan fingerprint density at radius 1 is 0.942 bits per heavy atom. The summed E-state index contributed by atoms with van der Waals surface area (Å²) in [5.41, 5.74) is 1.81. The first-order valence-electron chi connectivity index (χ1n) is 17.1. The molecule has 2 aliphatic heterocycles. The Balaban J connectivity index is 1.16. The SMILES string of the molecule is Cc1c(-c2cc(N3C(=O)C4CC5C(=CCC6C(=O)N(c7ccccc7)C(=O)C65)C(c5ccc(O)c(F)c5)C4(C)C3=O)n(C)n2)sc2ccc(Cl)cc12. The van der Waals surface area contributed by atoms with Crippen LogP contribution in [0.5, 0.6) is 5.75 Å². The Morgan fingerprint density at radius 3 is 2.46 bits per heavy atom. The summed E-state index contributed by atoms with van der Waals surface area (Å²) in [6, 6.07) is 20.2. The maximum Gasteiger partial charge on any atom is 0.242 e. The highest BCUT2D eigenvalue weighted by Gasteiger charge is 2.68. The van der Waals surface area contributed by atoms with Crippen molar-refractivity contribution in [1.29, 1.82) is 0 Å². The zero-order chi connectivity index (χ0) is 36.4. The molecule has 262 valence electrons. The Morgan fingerprint density at radius 2 is 1.71 bits per heavy atom. The van der Waals surface area contributed by atoms with E-state index < -0.39 is 58.4 Å². The van der Waals surface area contributed by atoms with Gasteiger partial charge in [0.25, 0.3) is 0 Å². The number of phenolic OH excluding ortho intramolecular Hbond substituents is 1. The number of anilines is 2. The van der Waals surface area contributed by atoms with Gasteiger partial charge in [-0.2, -0.15) is 5.10 Å². The first-order chi connectivity index (χ1) is 24.9. The van der Waals surface area contributed by atoms with Crippen molar-refractivity contribution in [1.82, 2.24) is 9.78 Å². The molecule has 2 saturated heterocycles. The lowest BCUT2D eigenvalue weighted by Gasteiger charge is -2.49. The van der Waals surface area contributed by atoms with E-state index in [-0.39, 0.29) is 24.7 Å². The van der Waals surface area contributed by atoms with Gasteiger partial charge in [-0.25, -0.2) is 9.29 Å². The third-order valence-electron chi connectivity index (χ3n) is 11.8. The zero-order valence-electron chi connectivity index (χ0n) is 28.3. The number of para-hydroxylation sites is 1. The number of carbonyl (C=O) groups is 4. The number of hydrogen-bond acceptors (Lipinski definition) is 7. The molecule has 0 radical (unpaired) electrons. The van der Waals surface area contributed by atoms with Gasteiger partial charge in [-0.1, -0.05) is 47.5 Å². The molecule has 4 amide bonds. The number of aromatic nitrogens is 2. The molecule has 3 fully saturated rings. The summed E-state index contributed by atoms with van der Waals surface area (Å²) in [5.74, 6) is -6.32. The Hall–Kier alpha value is -5.13. The van der Waals surface area contributed by atoms with Gasteiger partial charge in [0.1, 0.15) is 11.5 Å². The van der Waals surface area contributed by atoms with Crippen LogP contribution in [0.1, 0.15) is 36.8 Å². The van der Waals surface area contributed by atoms with Crippen LogP contribution in [0.2, 0.25) is 5.02 Å². The average Bonchev–Trinajstić information content (AvgIpc) is 3.80. The lowest BCUT2D eigenvalue weighted by Crippen LogP contribution is -2.49. The number of allylic oxidation sites excluding steroid dienone is 2. The van der Waals surface area contributed by atoms with Gasteiger partial charge in [-0.3, -0.25) is 28.8 Å². The number of benzene rings is 3. The molecular formula is C40H32ClFN4O5S. The van der Waals surface area contributed by atoms with Gasteiger partial charge >= 0.3 is 0 Å². The van der Waals surface area contributed by atoms with Gasteiger partial charge in [0, 0.05) is 28.8 Å². The van der Waals surface area contributed by atoms with E-state index in [0.717, 1.165) is 26.1 Å². The molecular weight excluding hydrogens is 703 g/mol. The van der Waals surface area contributed by atoms with E-state index in [1.54, 1.807) is 61.7 Å². The molecule has 1 saturated carbocycles. The largest absolute Gasteiger partial charge is 0.505 e. The summed E-state index contributed by atoms with van der Waals surface area (Å²) in [6.07, 6.45) is 2.34. The standard InChI is InChI=1S/C40H32ClFN4O5S/c1-19-25-16-21(41)10-14-31(25)52-35(19)29-18-32(44(3)43-29)46-37(49)27-17-26-23(34(40(27,2)39(46)51)20-9-13-30(47)28(42)15-20)11-12-24-33(26)38(50)45(36(24)48)22-7-5-4-6-8-22/h4-11,13-16,18,24,26-27,33-34,47H,12,17H2,1-3H3. The van der Waals surface area contributed by atoms with Crippen LogP contribution in [0.15, 0.2) is 84.4 Å². The summed E-state index contributed by atoms with van der Waals surface area (Å²) in [4.78, 5) is 61.1. The molecule has 0 spiro atoms. The van der Waals surface area contributed by atoms with Crippen molar-refractivity contribution >= 4 is 68.2 Å². The molecule has 12 heteroatoms. The van der Waals surface area contributed by atoms with Crippen LogP contribution in [0.3, 0.4) is 0 Å². The van der Waals surface area contributed by atoms with Crippen molar-refractivity contribution in [2.24, 2.45) is 36.1 Å². The van der Waals surface area contributed by atoms with Crippen molar-refractivity contribution < 1.29 is 28.7 Å². The highest BCUT2D eigenvalue weighted by Crippen LogP contribution is 2.64. The molecule has 0 bridgehead atoms. The molecule has 2 aromatic heterocycles. The van der Waals surface area contributed by atoms with Crippen LogP contribution in [0.4, 0.5) is 15.9 Å². The number of aromatic hydroxyl groups is 1. The molecule has 3 aromatic carbocycles. The molecule has 6 unspecified atom stereocenters. The van der Waals surface area contributed by atoms with E-state index in [4.69, 9.17) is 16.7 Å². The predicted octanol–water partition coefficient (Wildman–Crippen LogP) is 7.54. The average molecular weight is 735 g/mol. The number of carbonyl (C=O) groups excluding carboxylic acids is 4. The van der Waals surface area contributed by atoms with E-state index in [0.29, 0.717) is 27.8 Å². The Kier molecular flexibility index (Phi) is 7.20. The second kappa shape index (κ2) is 11.4. The molecule has 4 heterocycles. The third kappa shape index (κ3) is 4.41. The van der Waals surface area contributed by atoms with Crippen LogP contribution < -0.4 is 9.80 Å². The third-order valence-corrected chi connectivity index (χ3v) is 13.3. The van der Waals surface area contributed by atoms with Gasteiger partial charge in [0.2, 0.25) is 23.6 Å². The minimum absolute atomic E-state index is 0.157. The summed E-state index contributed by atoms with van der Waals surface area (Å²) >= 11 is 7.84. The van der Waals surface area contributed by atoms with Gasteiger partial charge < -0.3 is 5.11 Å². The number of hydrogen-bond donors (Lipinski definition) is 1. The van der Waals surface area contributed by atoms with Gasteiger partial charge in [-0.05, 0) is 91.6 Å². The summed E-state index contributed by atoms with van der Waals surface area (Å²) in [6.45, 7) is 3.73. The number of rotatable bonds is 4. The molecule has 1 N–H and O–H groups in total. The predicted molar refractivity (Wildman–Crippen MR) is 195 cm³/mol. The fraction of sp³-hybridized carbons (Fsp3) is 0.275. The number of imide groups is 2. The fourth-order valence-corrected chi connectivity index (χ4v) is 10.7. The lowest BCUT2D eigenvalue weighted by atomic mass is 9.51. The van der Waals surface area contributed by atoms with Gasteiger partial charge in [0.05, 0.1) is 33.7 Å². The molecule has 4 aliphatic rings. The Bertz CT molecular complexity index is 2440. The second-order valence-corrected chi connectivity index (χ2v) is 15.9. The van der Waals surface area contributed by atoms with Crippen molar-refractivity contribution in [3.8, 4) is 16.3 Å². The minimum Gasteiger partial charge on any atom is -0.505 e. The number of fused-ring (bicyclic) bond motifs is 5. The zero-order valence-corrected chi connectivity index (χ0v) is 29.9. The van der Waals surface area contributed by atoms with E-state index in [9.17, 15) is 24.3 Å². The van der Waals surface area contributed by atoms with E-state index in [1.807, 2.05) is 37.3 Å². The van der Waals surface area contributed by atoms with E-state index >= 15 is 4.39 Å². The smallest absolute Gasteiger partial charge is 0.242 e. The highest BCUT2D eigenvalue weighted by molar-refractivity contribution is 7.22. The summed E-state index contributed by atoms with van der Waals surface area (Å²) in [5, 5.41) is 16.5. The molecule has 9 rings (SSSR count). The number of aryl methyl sites for hydroxylation is 2. The number of amides is 4. The van der Waals surface area contributed by atoms with Crippen LogP contribution in [-0.4, -0.2) is 38.5 Å². The topological polar surface area (TPSA) is 113 Å². The highest BCUT2D eigenvalue weighted by atomic mass is 35.5. The van der Waals surface area contributed by atoms with Gasteiger partial charge in [-0.15, -0.1) is 11.3 Å². The van der Waals surface area contributed by atoms with Crippen molar-refractivity contribution in [2.45, 2.75) is 32.6 Å². The quantitative estimate of drug-likeness (QED) is 0.151. The minimum atomic E-state index is -1.38. The maximum atomic E-state index is 15.1. The first-order valence-corrected chi connectivity index (χ1v) is 18.3. The maximum absolute atomic E-state index is 15.1. The van der Waals surface area contributed by atoms with Crippen molar-refractivity contribution in [3.05, 3.63) is 106 Å². The Labute approximate surface area is 306 Å². The molecule has 9 nitrogen and oxygen atoms in total. The van der Waals surface area contributed by atoms with Crippen LogP contribution in [0, 0.1) is 41.8 Å². The number of halogens is 2. The van der Waals surface area contributed by atoms with Crippen molar-refractivity contribution in [2.75, 3.05) is 9.80 Å². The number of nitrogens with zero attached hydrogens (tertiary/aromatic N) is 4. The van der Waals surface area contributed by atoms with Crippen LogP contribution in [-0.2, 0) is 26.2 Å². The monoisotopic (exact) mass is 734 g/mol. The second-order valence-electron chi connectivity index (χ2n) is 14.4. The normalized spacial score (nSPS) is 26.9. The van der Waals surface area contributed by atoms with Crippen molar-refractivity contribution in [3.63, 3.8) is 0 Å². The molecule has 6 atom stereocenters. The van der Waals surface area contributed by atoms with Crippen LogP contribution in [0.25, 0.3) is 20.7 Å². The number of thiophene rings is 1. The molecule has 52 heavy (non-hydrogen) atoms. The van der Waals surface area contributed by atoms with E-state index in [2.05, 4.69) is 0 Å². The molecule has 2 aliphatic carbocycles. The molecule has 5 aromatic rings. The lowest BCUT2D eigenvalue weighted by molar-refractivity contribution is -0.131. The first kappa shape index (κ1) is 32.8. The van der Waals surface area contributed by atoms with Crippen LogP contribution >= 0.6 is 22.9 Å².